The Labute approximate surface area is 170 Å². The van der Waals surface area contributed by atoms with Crippen LogP contribution < -0.4 is 4.74 Å². The van der Waals surface area contributed by atoms with Gasteiger partial charge in [0.1, 0.15) is 5.75 Å². The van der Waals surface area contributed by atoms with Crippen molar-refractivity contribution in [3.05, 3.63) is 36.0 Å². The molecule has 1 aromatic carbocycles. The minimum atomic E-state index is 0.194. The fourth-order valence-electron chi connectivity index (χ4n) is 4.08. The molecule has 0 spiro atoms. The van der Waals surface area contributed by atoms with Crippen LogP contribution in [0.3, 0.4) is 0 Å². The summed E-state index contributed by atoms with van der Waals surface area (Å²) in [4.78, 5) is 2.42. The van der Waals surface area contributed by atoms with Gasteiger partial charge in [-0.05, 0) is 71.0 Å². The highest BCUT2D eigenvalue weighted by Crippen LogP contribution is 2.31. The molecule has 3 rings (SSSR count). The molecule has 1 fully saturated rings. The Morgan fingerprint density at radius 3 is 2.50 bits per heavy atom. The number of rotatable bonds is 9. The van der Waals surface area contributed by atoms with Crippen molar-refractivity contribution >= 4 is 0 Å². The van der Waals surface area contributed by atoms with Gasteiger partial charge >= 0.3 is 0 Å². The molecule has 1 heterocycles. The zero-order valence-corrected chi connectivity index (χ0v) is 18.2. The monoisotopic (exact) mass is 383 g/mol. The van der Waals surface area contributed by atoms with Gasteiger partial charge in [-0.3, -0.25) is 4.68 Å². The Morgan fingerprint density at radius 1 is 1.14 bits per heavy atom. The molecule has 1 aliphatic carbocycles. The molecule has 0 N–H and O–H groups in total. The van der Waals surface area contributed by atoms with E-state index < -0.39 is 0 Å². The Morgan fingerprint density at radius 2 is 1.86 bits per heavy atom. The maximum absolute atomic E-state index is 5.81. The molecule has 0 amide bonds. The van der Waals surface area contributed by atoms with Gasteiger partial charge in [0.2, 0.25) is 0 Å². The summed E-state index contributed by atoms with van der Waals surface area (Å²) in [5, 5.41) is 5.08. The molecule has 0 atom stereocenters. The first-order valence-electron chi connectivity index (χ1n) is 11.1. The van der Waals surface area contributed by atoms with Crippen LogP contribution in [-0.2, 0) is 6.54 Å². The Hall–Kier alpha value is -1.81. The molecule has 0 unspecified atom stereocenters. The normalized spacial score (nSPS) is 15.5. The van der Waals surface area contributed by atoms with Crippen molar-refractivity contribution in [2.45, 2.75) is 84.4 Å². The van der Waals surface area contributed by atoms with Crippen molar-refractivity contribution < 1.29 is 4.74 Å². The summed E-state index contributed by atoms with van der Waals surface area (Å²) >= 11 is 0. The number of nitrogens with zero attached hydrogens (tertiary/aromatic N) is 3. The number of benzene rings is 1. The largest absolute Gasteiger partial charge is 0.491 e. The van der Waals surface area contributed by atoms with Crippen molar-refractivity contribution in [2.75, 3.05) is 13.6 Å². The van der Waals surface area contributed by atoms with Crippen molar-refractivity contribution in [1.82, 2.24) is 14.7 Å². The highest BCUT2D eigenvalue weighted by atomic mass is 16.5. The number of hydrogen-bond acceptors (Lipinski definition) is 3. The quantitative estimate of drug-likeness (QED) is 0.526. The molecule has 1 saturated carbocycles. The van der Waals surface area contributed by atoms with E-state index in [2.05, 4.69) is 67.9 Å². The van der Waals surface area contributed by atoms with Crippen molar-refractivity contribution in [3.63, 3.8) is 0 Å². The predicted molar refractivity (Wildman–Crippen MR) is 117 cm³/mol. The highest BCUT2D eigenvalue weighted by molar-refractivity contribution is 5.63. The second kappa shape index (κ2) is 10.1. The third kappa shape index (κ3) is 5.60. The molecule has 1 aliphatic rings. The fraction of sp³-hybridized carbons (Fsp3) is 0.625. The molecule has 0 radical (unpaired) electrons. The maximum Gasteiger partial charge on any atom is 0.119 e. The van der Waals surface area contributed by atoms with E-state index >= 15 is 0 Å². The van der Waals surface area contributed by atoms with Crippen LogP contribution in [0, 0.1) is 0 Å². The summed E-state index contributed by atoms with van der Waals surface area (Å²) in [6, 6.07) is 9.01. The minimum Gasteiger partial charge on any atom is -0.491 e. The van der Waals surface area contributed by atoms with Crippen LogP contribution in [0.25, 0.3) is 11.3 Å². The third-order valence-electron chi connectivity index (χ3n) is 5.59. The summed E-state index contributed by atoms with van der Waals surface area (Å²) in [7, 11) is 2.22. The lowest BCUT2D eigenvalue weighted by Crippen LogP contribution is -2.19. The van der Waals surface area contributed by atoms with Crippen LogP contribution >= 0.6 is 0 Å². The third-order valence-corrected chi connectivity index (χ3v) is 5.59. The van der Waals surface area contributed by atoms with Crippen LogP contribution in [0.2, 0.25) is 0 Å². The average molecular weight is 384 g/mol. The fourth-order valence-corrected chi connectivity index (χ4v) is 4.08. The summed E-state index contributed by atoms with van der Waals surface area (Å²) in [6.07, 6.45) is 11.5. The molecule has 28 heavy (non-hydrogen) atoms. The smallest absolute Gasteiger partial charge is 0.119 e. The second-order valence-electron chi connectivity index (χ2n) is 8.56. The SMILES string of the molecule is CCCCN(C)Cc1cn(C2CCCCC2)nc1-c1ccc(OC(C)C)cc1. The molecule has 2 aromatic rings. The van der Waals surface area contributed by atoms with E-state index in [1.54, 1.807) is 0 Å². The van der Waals surface area contributed by atoms with E-state index in [9.17, 15) is 0 Å². The Kier molecular flexibility index (Phi) is 7.55. The van der Waals surface area contributed by atoms with Gasteiger partial charge in [0.25, 0.3) is 0 Å². The molecule has 154 valence electrons. The van der Waals surface area contributed by atoms with Crippen LogP contribution in [0.15, 0.2) is 30.5 Å². The number of ether oxygens (including phenoxy) is 1. The zero-order valence-electron chi connectivity index (χ0n) is 18.2. The molecular weight excluding hydrogens is 346 g/mol. The van der Waals surface area contributed by atoms with E-state index in [0.29, 0.717) is 6.04 Å². The van der Waals surface area contributed by atoms with Crippen LogP contribution in [0.5, 0.6) is 5.75 Å². The number of aromatic nitrogens is 2. The van der Waals surface area contributed by atoms with Gasteiger partial charge in [-0.15, -0.1) is 0 Å². The lowest BCUT2D eigenvalue weighted by Gasteiger charge is -2.21. The first kappa shape index (κ1) is 20.9. The van der Waals surface area contributed by atoms with Gasteiger partial charge in [0, 0.05) is 23.9 Å². The van der Waals surface area contributed by atoms with Crippen LogP contribution in [0.4, 0.5) is 0 Å². The maximum atomic E-state index is 5.81. The van der Waals surface area contributed by atoms with E-state index in [0.717, 1.165) is 24.5 Å². The predicted octanol–water partition coefficient (Wildman–Crippen LogP) is 6.07. The van der Waals surface area contributed by atoms with E-state index in [1.165, 1.54) is 56.1 Å². The summed E-state index contributed by atoms with van der Waals surface area (Å²) in [5.41, 5.74) is 3.65. The standard InChI is InChI=1S/C24H37N3O/c1-5-6-16-26(4)17-21-18-27(22-10-8-7-9-11-22)25-24(21)20-12-14-23(15-13-20)28-19(2)3/h12-15,18-19,22H,5-11,16-17H2,1-4H3. The highest BCUT2D eigenvalue weighted by Gasteiger charge is 2.20. The molecular formula is C24H37N3O. The molecule has 4 heteroatoms. The van der Waals surface area contributed by atoms with Crippen LogP contribution in [-0.4, -0.2) is 34.4 Å². The van der Waals surface area contributed by atoms with E-state index in [4.69, 9.17) is 9.84 Å². The lowest BCUT2D eigenvalue weighted by atomic mass is 9.96. The molecule has 1 aromatic heterocycles. The van der Waals surface area contributed by atoms with Gasteiger partial charge in [0.05, 0.1) is 17.8 Å². The first-order chi connectivity index (χ1) is 13.6. The van der Waals surface area contributed by atoms with Gasteiger partial charge in [0.15, 0.2) is 0 Å². The van der Waals surface area contributed by atoms with Crippen molar-refractivity contribution in [1.29, 1.82) is 0 Å². The molecule has 0 bridgehead atoms. The van der Waals surface area contributed by atoms with Crippen LogP contribution in [0.1, 0.15) is 77.3 Å². The van der Waals surface area contributed by atoms with Gasteiger partial charge in [-0.25, -0.2) is 0 Å². The van der Waals surface area contributed by atoms with Crippen molar-refractivity contribution in [3.8, 4) is 17.0 Å². The topological polar surface area (TPSA) is 30.3 Å². The molecule has 0 aliphatic heterocycles. The summed E-state index contributed by atoms with van der Waals surface area (Å²) in [6.45, 7) is 8.45. The molecule has 4 nitrogen and oxygen atoms in total. The van der Waals surface area contributed by atoms with Gasteiger partial charge < -0.3 is 9.64 Å². The second-order valence-corrected chi connectivity index (χ2v) is 8.56. The minimum absolute atomic E-state index is 0.194. The van der Waals surface area contributed by atoms with E-state index in [1.807, 2.05) is 0 Å². The zero-order chi connectivity index (χ0) is 19.9. The number of hydrogen-bond donors (Lipinski definition) is 0. The van der Waals surface area contributed by atoms with Gasteiger partial charge in [-0.1, -0.05) is 32.6 Å². The van der Waals surface area contributed by atoms with E-state index in [-0.39, 0.29) is 6.10 Å². The average Bonchev–Trinajstić information content (AvgIpc) is 3.11. The Balaban J connectivity index is 1.84. The lowest BCUT2D eigenvalue weighted by molar-refractivity contribution is 0.242. The molecule has 0 saturated heterocycles. The Bertz CT molecular complexity index is 714. The first-order valence-corrected chi connectivity index (χ1v) is 11.1. The summed E-state index contributed by atoms with van der Waals surface area (Å²) < 4.78 is 8.07. The van der Waals surface area contributed by atoms with Crippen molar-refractivity contribution in [2.24, 2.45) is 0 Å². The van der Waals surface area contributed by atoms with Gasteiger partial charge in [-0.2, -0.15) is 5.10 Å². The summed E-state index contributed by atoms with van der Waals surface area (Å²) in [5.74, 6) is 0.923. The number of unbranched alkanes of at least 4 members (excludes halogenated alkanes) is 1.